The molecule has 6 heteroatoms. The minimum atomic E-state index is -0.852. The predicted octanol–water partition coefficient (Wildman–Crippen LogP) is 3.75. The third-order valence-corrected chi connectivity index (χ3v) is 4.71. The summed E-state index contributed by atoms with van der Waals surface area (Å²) in [7, 11) is 0. The Kier molecular flexibility index (Phi) is 6.87. The molecule has 3 rings (SSSR count). The van der Waals surface area contributed by atoms with E-state index >= 15 is 0 Å². The van der Waals surface area contributed by atoms with Gasteiger partial charge in [-0.1, -0.05) is 66.2 Å². The lowest BCUT2D eigenvalue weighted by molar-refractivity contribution is -0.119. The van der Waals surface area contributed by atoms with E-state index in [1.54, 1.807) is 24.3 Å². The summed E-state index contributed by atoms with van der Waals surface area (Å²) < 4.78 is 5.76. The van der Waals surface area contributed by atoms with E-state index in [-0.39, 0.29) is 6.42 Å². The van der Waals surface area contributed by atoms with Crippen molar-refractivity contribution in [2.45, 2.75) is 19.1 Å². The standard InChI is InChI=1S/C23H21ClN2O3/c24-20-9-5-4-8-19(20)23(28)26-21(22(25)27)14-16-10-12-18(13-11-16)29-15-17-6-2-1-3-7-17/h1-13,21H,14-15H2,(H2,25,27)(H,26,28)/t21-/m1/s1. The Balaban J connectivity index is 1.61. The second-order valence-electron chi connectivity index (χ2n) is 6.53. The van der Waals surface area contributed by atoms with Gasteiger partial charge in [-0.15, -0.1) is 0 Å². The number of amides is 2. The van der Waals surface area contributed by atoms with Crippen LogP contribution in [0, 0.1) is 0 Å². The Labute approximate surface area is 174 Å². The molecule has 0 saturated carbocycles. The largest absolute Gasteiger partial charge is 0.489 e. The van der Waals surface area contributed by atoms with Crippen molar-refractivity contribution in [2.24, 2.45) is 5.73 Å². The van der Waals surface area contributed by atoms with Crippen LogP contribution >= 0.6 is 11.6 Å². The molecule has 3 N–H and O–H groups in total. The molecule has 0 aromatic heterocycles. The zero-order valence-corrected chi connectivity index (χ0v) is 16.4. The summed E-state index contributed by atoms with van der Waals surface area (Å²) in [5, 5.41) is 2.97. The Bertz CT molecular complexity index is 975. The maximum atomic E-state index is 12.4. The fraction of sp³-hybridized carbons (Fsp3) is 0.130. The van der Waals surface area contributed by atoms with Gasteiger partial charge in [-0.25, -0.2) is 0 Å². The number of rotatable bonds is 8. The smallest absolute Gasteiger partial charge is 0.253 e. The molecule has 0 heterocycles. The molecular weight excluding hydrogens is 388 g/mol. The quantitative estimate of drug-likeness (QED) is 0.595. The normalized spacial score (nSPS) is 11.5. The molecule has 3 aromatic rings. The van der Waals surface area contributed by atoms with Crippen molar-refractivity contribution < 1.29 is 14.3 Å². The number of hydrogen-bond donors (Lipinski definition) is 2. The molecule has 0 unspecified atom stereocenters. The molecule has 29 heavy (non-hydrogen) atoms. The number of halogens is 1. The second-order valence-corrected chi connectivity index (χ2v) is 6.94. The van der Waals surface area contributed by atoms with Gasteiger partial charge in [-0.3, -0.25) is 9.59 Å². The van der Waals surface area contributed by atoms with Crippen molar-refractivity contribution >= 4 is 23.4 Å². The highest BCUT2D eigenvalue weighted by Gasteiger charge is 2.20. The van der Waals surface area contributed by atoms with Crippen molar-refractivity contribution in [3.8, 4) is 5.75 Å². The highest BCUT2D eigenvalue weighted by atomic mass is 35.5. The molecule has 0 radical (unpaired) electrons. The molecule has 0 aliphatic rings. The van der Waals surface area contributed by atoms with Crippen molar-refractivity contribution in [3.05, 3.63) is 101 Å². The van der Waals surface area contributed by atoms with E-state index in [1.165, 1.54) is 0 Å². The number of ether oxygens (including phenoxy) is 1. The molecule has 0 aliphatic carbocycles. The number of nitrogens with two attached hydrogens (primary N) is 1. The molecule has 2 amide bonds. The summed E-state index contributed by atoms with van der Waals surface area (Å²) in [5.41, 5.74) is 7.70. The van der Waals surface area contributed by atoms with E-state index < -0.39 is 17.9 Å². The SMILES string of the molecule is NC(=O)[C@@H](Cc1ccc(OCc2ccccc2)cc1)NC(=O)c1ccccc1Cl. The zero-order valence-electron chi connectivity index (χ0n) is 15.7. The van der Waals surface area contributed by atoms with E-state index in [4.69, 9.17) is 22.1 Å². The van der Waals surface area contributed by atoms with Crippen LogP contribution in [0.3, 0.4) is 0 Å². The van der Waals surface area contributed by atoms with Crippen LogP contribution in [0.5, 0.6) is 5.75 Å². The first-order chi connectivity index (χ1) is 14.0. The summed E-state index contributed by atoms with van der Waals surface area (Å²) in [4.78, 5) is 24.3. The van der Waals surface area contributed by atoms with E-state index in [0.717, 1.165) is 11.1 Å². The summed E-state index contributed by atoms with van der Waals surface area (Å²) in [6.07, 6.45) is 0.268. The van der Waals surface area contributed by atoms with Crippen LogP contribution in [-0.2, 0) is 17.8 Å². The second kappa shape index (κ2) is 9.75. The van der Waals surface area contributed by atoms with Crippen LogP contribution in [0.1, 0.15) is 21.5 Å². The molecule has 3 aromatic carbocycles. The topological polar surface area (TPSA) is 81.4 Å². The molecule has 0 saturated heterocycles. The first-order valence-corrected chi connectivity index (χ1v) is 9.51. The van der Waals surface area contributed by atoms with E-state index in [2.05, 4.69) is 5.32 Å². The molecule has 0 aliphatic heterocycles. The summed E-state index contributed by atoms with van der Waals surface area (Å²) in [6, 6.07) is 23.0. The van der Waals surface area contributed by atoms with Crippen LogP contribution in [0.4, 0.5) is 0 Å². The summed E-state index contributed by atoms with van der Waals surface area (Å²) in [5.74, 6) is -0.342. The lowest BCUT2D eigenvalue weighted by Crippen LogP contribution is -2.45. The average Bonchev–Trinajstić information content (AvgIpc) is 2.73. The van der Waals surface area contributed by atoms with Crippen molar-refractivity contribution in [3.63, 3.8) is 0 Å². The molecule has 5 nitrogen and oxygen atoms in total. The number of primary amides is 1. The highest BCUT2D eigenvalue weighted by molar-refractivity contribution is 6.33. The molecule has 0 spiro atoms. The maximum Gasteiger partial charge on any atom is 0.253 e. The summed E-state index contributed by atoms with van der Waals surface area (Å²) in [6.45, 7) is 0.470. The van der Waals surface area contributed by atoms with Gasteiger partial charge in [-0.05, 0) is 35.4 Å². The molecular formula is C23H21ClN2O3. The fourth-order valence-corrected chi connectivity index (χ4v) is 3.02. The van der Waals surface area contributed by atoms with Gasteiger partial charge in [0.2, 0.25) is 5.91 Å². The van der Waals surface area contributed by atoms with Crippen molar-refractivity contribution in [1.29, 1.82) is 0 Å². The average molecular weight is 409 g/mol. The van der Waals surface area contributed by atoms with Gasteiger partial charge in [0.1, 0.15) is 18.4 Å². The van der Waals surface area contributed by atoms with Gasteiger partial charge in [0.15, 0.2) is 0 Å². The number of benzene rings is 3. The van der Waals surface area contributed by atoms with Gasteiger partial charge in [0, 0.05) is 6.42 Å². The number of hydrogen-bond acceptors (Lipinski definition) is 3. The predicted molar refractivity (Wildman–Crippen MR) is 113 cm³/mol. The third kappa shape index (κ3) is 5.83. The van der Waals surface area contributed by atoms with Gasteiger partial charge in [-0.2, -0.15) is 0 Å². The van der Waals surface area contributed by atoms with Gasteiger partial charge in [0.05, 0.1) is 10.6 Å². The molecule has 0 fully saturated rings. The fourth-order valence-electron chi connectivity index (χ4n) is 2.80. The first kappa shape index (κ1) is 20.4. The lowest BCUT2D eigenvalue weighted by Gasteiger charge is -2.16. The Morgan fingerprint density at radius 1 is 0.897 bits per heavy atom. The molecule has 148 valence electrons. The Morgan fingerprint density at radius 2 is 1.55 bits per heavy atom. The third-order valence-electron chi connectivity index (χ3n) is 4.38. The minimum absolute atomic E-state index is 0.268. The molecule has 0 bridgehead atoms. The Hall–Kier alpha value is -3.31. The summed E-state index contributed by atoms with van der Waals surface area (Å²) >= 11 is 6.04. The van der Waals surface area contributed by atoms with E-state index in [1.807, 2.05) is 54.6 Å². The van der Waals surface area contributed by atoms with Crippen LogP contribution in [0.25, 0.3) is 0 Å². The van der Waals surface area contributed by atoms with E-state index in [9.17, 15) is 9.59 Å². The molecule has 1 atom stereocenters. The van der Waals surface area contributed by atoms with Gasteiger partial charge >= 0.3 is 0 Å². The van der Waals surface area contributed by atoms with Crippen molar-refractivity contribution in [2.75, 3.05) is 0 Å². The van der Waals surface area contributed by atoms with Crippen LogP contribution in [-0.4, -0.2) is 17.9 Å². The number of carbonyl (C=O) groups excluding carboxylic acids is 2. The lowest BCUT2D eigenvalue weighted by atomic mass is 10.0. The maximum absolute atomic E-state index is 12.4. The highest BCUT2D eigenvalue weighted by Crippen LogP contribution is 2.17. The van der Waals surface area contributed by atoms with Crippen molar-refractivity contribution in [1.82, 2.24) is 5.32 Å². The van der Waals surface area contributed by atoms with Crippen LogP contribution in [0.15, 0.2) is 78.9 Å². The number of nitrogens with one attached hydrogen (secondary N) is 1. The van der Waals surface area contributed by atoms with Crippen LogP contribution in [0.2, 0.25) is 5.02 Å². The Morgan fingerprint density at radius 3 is 2.21 bits per heavy atom. The van der Waals surface area contributed by atoms with Gasteiger partial charge in [0.25, 0.3) is 5.91 Å². The van der Waals surface area contributed by atoms with Crippen LogP contribution < -0.4 is 15.8 Å². The zero-order chi connectivity index (χ0) is 20.6. The number of carbonyl (C=O) groups is 2. The monoisotopic (exact) mass is 408 g/mol. The first-order valence-electron chi connectivity index (χ1n) is 9.13. The minimum Gasteiger partial charge on any atom is -0.489 e. The van der Waals surface area contributed by atoms with Gasteiger partial charge < -0.3 is 15.8 Å². The van der Waals surface area contributed by atoms with E-state index in [0.29, 0.717) is 22.9 Å².